The van der Waals surface area contributed by atoms with E-state index in [0.29, 0.717) is 22.2 Å². The van der Waals surface area contributed by atoms with Gasteiger partial charge < -0.3 is 5.32 Å². The van der Waals surface area contributed by atoms with Gasteiger partial charge in [0.2, 0.25) is 4.96 Å². The van der Waals surface area contributed by atoms with Gasteiger partial charge in [-0.2, -0.15) is 5.10 Å². The molecule has 0 aliphatic heterocycles. The zero-order valence-electron chi connectivity index (χ0n) is 10.4. The zero-order chi connectivity index (χ0) is 13.9. The Kier molecular flexibility index (Phi) is 3.66. The molecule has 7 heteroatoms. The third-order valence-electron chi connectivity index (χ3n) is 2.81. The molecular weight excluding hydrogens is 296 g/mol. The van der Waals surface area contributed by atoms with Gasteiger partial charge in [-0.15, -0.1) is 0 Å². The minimum absolute atomic E-state index is 0.190. The van der Waals surface area contributed by atoms with Crippen LogP contribution >= 0.6 is 22.9 Å². The van der Waals surface area contributed by atoms with E-state index in [2.05, 4.69) is 15.4 Å². The lowest BCUT2D eigenvalue weighted by molar-refractivity contribution is 0.0949. The van der Waals surface area contributed by atoms with E-state index in [9.17, 15) is 4.79 Å². The molecular formula is C13H11ClN4OS. The monoisotopic (exact) mass is 306 g/mol. The lowest BCUT2D eigenvalue weighted by Crippen LogP contribution is -2.26. The summed E-state index contributed by atoms with van der Waals surface area (Å²) in [6.07, 6.45) is 2.35. The Bertz CT molecular complexity index is 723. The van der Waals surface area contributed by atoms with Gasteiger partial charge in [-0.1, -0.05) is 35.1 Å². The van der Waals surface area contributed by atoms with Crippen LogP contribution in [0.4, 0.5) is 0 Å². The van der Waals surface area contributed by atoms with Crippen LogP contribution in [0.3, 0.4) is 0 Å². The molecule has 0 bridgehead atoms. The highest BCUT2D eigenvalue weighted by Crippen LogP contribution is 2.11. The molecule has 1 amide bonds. The number of hydrogen-bond acceptors (Lipinski definition) is 4. The van der Waals surface area contributed by atoms with Crippen LogP contribution in [0.15, 0.2) is 36.0 Å². The molecule has 0 unspecified atom stereocenters. The lowest BCUT2D eigenvalue weighted by Gasteiger charge is -2.03. The molecule has 2 aromatic heterocycles. The normalized spacial score (nSPS) is 10.8. The second-order valence-corrected chi connectivity index (χ2v) is 5.48. The maximum atomic E-state index is 11.9. The van der Waals surface area contributed by atoms with E-state index >= 15 is 0 Å². The maximum Gasteiger partial charge on any atom is 0.271 e. The number of rotatable bonds is 4. The number of imidazole rings is 1. The predicted molar refractivity (Wildman–Crippen MR) is 78.4 cm³/mol. The first-order valence-electron chi connectivity index (χ1n) is 6.04. The van der Waals surface area contributed by atoms with E-state index in [0.717, 1.165) is 12.0 Å². The van der Waals surface area contributed by atoms with Crippen LogP contribution in [-0.4, -0.2) is 27.0 Å². The number of fused-ring (bicyclic) bond motifs is 1. The van der Waals surface area contributed by atoms with Crippen LogP contribution in [0, 0.1) is 0 Å². The van der Waals surface area contributed by atoms with Gasteiger partial charge >= 0.3 is 0 Å². The lowest BCUT2D eigenvalue weighted by atomic mass is 10.1. The van der Waals surface area contributed by atoms with Crippen LogP contribution in [0.5, 0.6) is 0 Å². The first-order chi connectivity index (χ1) is 9.72. The number of benzene rings is 1. The topological polar surface area (TPSA) is 59.3 Å². The largest absolute Gasteiger partial charge is 0.350 e. The highest BCUT2D eigenvalue weighted by atomic mass is 35.5. The fourth-order valence-electron chi connectivity index (χ4n) is 1.85. The van der Waals surface area contributed by atoms with Gasteiger partial charge in [0.05, 0.1) is 6.20 Å². The molecule has 3 rings (SSSR count). The number of carbonyl (C=O) groups is 1. The minimum Gasteiger partial charge on any atom is -0.350 e. The molecule has 1 N–H and O–H groups in total. The van der Waals surface area contributed by atoms with Crippen molar-refractivity contribution in [1.82, 2.24) is 19.9 Å². The SMILES string of the molecule is O=C(NCCc1cccc(Cl)c1)c1cn2ncsc2n1. The number of aromatic nitrogens is 3. The summed E-state index contributed by atoms with van der Waals surface area (Å²) in [5.41, 5.74) is 3.16. The third-order valence-corrected chi connectivity index (χ3v) is 3.73. The maximum absolute atomic E-state index is 11.9. The summed E-state index contributed by atoms with van der Waals surface area (Å²) in [5.74, 6) is -0.190. The third kappa shape index (κ3) is 2.81. The Morgan fingerprint density at radius 1 is 1.45 bits per heavy atom. The average Bonchev–Trinajstić information content (AvgIpc) is 2.99. The predicted octanol–water partition coefficient (Wildman–Crippen LogP) is 2.42. The number of carbonyl (C=O) groups excluding carboxylic acids is 1. The Labute approximate surface area is 124 Å². The molecule has 3 aromatic rings. The smallest absolute Gasteiger partial charge is 0.271 e. The quantitative estimate of drug-likeness (QED) is 0.805. The Morgan fingerprint density at radius 3 is 3.15 bits per heavy atom. The molecule has 1 aromatic carbocycles. The van der Waals surface area contributed by atoms with Crippen molar-refractivity contribution >= 4 is 33.8 Å². The van der Waals surface area contributed by atoms with Crippen LogP contribution in [0.25, 0.3) is 4.96 Å². The molecule has 0 saturated carbocycles. The molecule has 0 radical (unpaired) electrons. The van der Waals surface area contributed by atoms with Crippen molar-refractivity contribution in [2.75, 3.05) is 6.54 Å². The molecule has 0 saturated heterocycles. The Hall–Kier alpha value is -1.92. The first-order valence-corrected chi connectivity index (χ1v) is 7.29. The Balaban J connectivity index is 1.58. The van der Waals surface area contributed by atoms with E-state index in [-0.39, 0.29) is 5.91 Å². The number of hydrogen-bond donors (Lipinski definition) is 1. The van der Waals surface area contributed by atoms with Gasteiger partial charge in [-0.3, -0.25) is 4.79 Å². The van der Waals surface area contributed by atoms with Crippen LogP contribution < -0.4 is 5.32 Å². The van der Waals surface area contributed by atoms with Gasteiger partial charge in [-0.05, 0) is 24.1 Å². The van der Waals surface area contributed by atoms with E-state index in [1.54, 1.807) is 16.2 Å². The van der Waals surface area contributed by atoms with Crippen LogP contribution in [0.2, 0.25) is 5.02 Å². The molecule has 102 valence electrons. The summed E-state index contributed by atoms with van der Waals surface area (Å²) in [6.45, 7) is 0.539. The molecule has 0 aliphatic carbocycles. The highest BCUT2D eigenvalue weighted by Gasteiger charge is 2.11. The molecule has 0 atom stereocenters. The second kappa shape index (κ2) is 5.60. The standard InChI is InChI=1S/C13H11ClN4OS/c14-10-3-1-2-9(6-10)4-5-15-12(19)11-7-18-13(17-11)20-8-16-18/h1-3,6-8H,4-5H2,(H,15,19). The molecule has 0 spiro atoms. The first kappa shape index (κ1) is 13.1. The minimum atomic E-state index is -0.190. The van der Waals surface area contributed by atoms with Crippen molar-refractivity contribution in [3.05, 3.63) is 52.3 Å². The summed E-state index contributed by atoms with van der Waals surface area (Å²) in [4.78, 5) is 16.8. The zero-order valence-corrected chi connectivity index (χ0v) is 12.0. The van der Waals surface area contributed by atoms with Crippen molar-refractivity contribution in [3.63, 3.8) is 0 Å². The number of amides is 1. The van der Waals surface area contributed by atoms with Gasteiger partial charge in [0.25, 0.3) is 5.91 Å². The molecule has 5 nitrogen and oxygen atoms in total. The molecule has 0 fully saturated rings. The summed E-state index contributed by atoms with van der Waals surface area (Å²) in [5, 5.41) is 7.58. The molecule has 2 heterocycles. The summed E-state index contributed by atoms with van der Waals surface area (Å²) in [6, 6.07) is 7.60. The number of nitrogens with one attached hydrogen (secondary N) is 1. The van der Waals surface area contributed by atoms with Crippen LogP contribution in [0.1, 0.15) is 16.1 Å². The van der Waals surface area contributed by atoms with E-state index in [1.807, 2.05) is 24.3 Å². The van der Waals surface area contributed by atoms with Crippen LogP contribution in [-0.2, 0) is 6.42 Å². The van der Waals surface area contributed by atoms with Crippen molar-refractivity contribution in [1.29, 1.82) is 0 Å². The van der Waals surface area contributed by atoms with Gasteiger partial charge in [0.1, 0.15) is 11.2 Å². The van der Waals surface area contributed by atoms with Gasteiger partial charge in [0.15, 0.2) is 0 Å². The Morgan fingerprint density at radius 2 is 2.35 bits per heavy atom. The van der Waals surface area contributed by atoms with E-state index < -0.39 is 0 Å². The highest BCUT2D eigenvalue weighted by molar-refractivity contribution is 7.14. The van der Waals surface area contributed by atoms with E-state index in [4.69, 9.17) is 11.6 Å². The molecule has 0 aliphatic rings. The summed E-state index contributed by atoms with van der Waals surface area (Å²) in [7, 11) is 0. The molecule has 20 heavy (non-hydrogen) atoms. The van der Waals surface area contributed by atoms with Crippen molar-refractivity contribution in [2.24, 2.45) is 0 Å². The van der Waals surface area contributed by atoms with E-state index in [1.165, 1.54) is 11.3 Å². The van der Waals surface area contributed by atoms with Crippen molar-refractivity contribution in [2.45, 2.75) is 6.42 Å². The summed E-state index contributed by atoms with van der Waals surface area (Å²) >= 11 is 7.30. The number of halogens is 1. The second-order valence-electron chi connectivity index (χ2n) is 4.23. The number of nitrogens with zero attached hydrogens (tertiary/aromatic N) is 3. The van der Waals surface area contributed by atoms with Crippen molar-refractivity contribution < 1.29 is 4.79 Å². The average molecular weight is 307 g/mol. The fourth-order valence-corrected chi connectivity index (χ4v) is 2.67. The van der Waals surface area contributed by atoms with Gasteiger partial charge in [-0.25, -0.2) is 9.50 Å². The fraction of sp³-hybridized carbons (Fsp3) is 0.154. The van der Waals surface area contributed by atoms with Crippen molar-refractivity contribution in [3.8, 4) is 0 Å². The summed E-state index contributed by atoms with van der Waals surface area (Å²) < 4.78 is 1.59. The van der Waals surface area contributed by atoms with Gasteiger partial charge in [0, 0.05) is 11.6 Å².